The molecule has 2 aromatic rings. The van der Waals surface area contributed by atoms with Crippen molar-refractivity contribution in [2.45, 2.75) is 51.4 Å². The van der Waals surface area contributed by atoms with Gasteiger partial charge in [0, 0.05) is 17.3 Å². The number of rotatable bonds is 3. The van der Waals surface area contributed by atoms with Gasteiger partial charge in [0.15, 0.2) is 0 Å². The van der Waals surface area contributed by atoms with Crippen LogP contribution in [0.25, 0.3) is 6.08 Å². The van der Waals surface area contributed by atoms with Crippen molar-refractivity contribution in [1.82, 2.24) is 0 Å². The van der Waals surface area contributed by atoms with E-state index >= 15 is 0 Å². The summed E-state index contributed by atoms with van der Waals surface area (Å²) in [6.45, 7) is 2.43. The van der Waals surface area contributed by atoms with Crippen molar-refractivity contribution < 1.29 is 5.11 Å². The highest BCUT2D eigenvalue weighted by Gasteiger charge is 2.53. The fourth-order valence-electron chi connectivity index (χ4n) is 6.38. The summed E-state index contributed by atoms with van der Waals surface area (Å²) in [6, 6.07) is 16.3. The third kappa shape index (κ3) is 3.40. The lowest BCUT2D eigenvalue weighted by molar-refractivity contribution is 0.0955. The lowest BCUT2D eigenvalue weighted by Crippen LogP contribution is -2.42. The molecule has 2 aromatic carbocycles. The highest BCUT2D eigenvalue weighted by molar-refractivity contribution is 5.93. The molecular formula is C27H30N2O. The molecule has 30 heavy (non-hydrogen) atoms. The number of aromatic hydroxyl groups is 1. The minimum Gasteiger partial charge on any atom is -0.508 e. The summed E-state index contributed by atoms with van der Waals surface area (Å²) in [4.78, 5) is 0. The highest BCUT2D eigenvalue weighted by Crippen LogP contribution is 2.60. The van der Waals surface area contributed by atoms with Gasteiger partial charge in [-0.2, -0.15) is 10.2 Å². The van der Waals surface area contributed by atoms with Gasteiger partial charge in [-0.15, -0.1) is 0 Å². The van der Waals surface area contributed by atoms with Gasteiger partial charge in [-0.3, -0.25) is 0 Å². The average Bonchev–Trinajstić information content (AvgIpc) is 3.10. The Kier molecular flexibility index (Phi) is 5.06. The van der Waals surface area contributed by atoms with Crippen LogP contribution in [-0.2, 0) is 6.42 Å². The van der Waals surface area contributed by atoms with Crippen molar-refractivity contribution in [3.63, 3.8) is 0 Å². The number of allylic oxidation sites excluding steroid dienone is 1. The van der Waals surface area contributed by atoms with Crippen LogP contribution >= 0.6 is 0 Å². The Morgan fingerprint density at radius 1 is 1.03 bits per heavy atom. The first-order valence-electron chi connectivity index (χ1n) is 11.3. The smallest absolute Gasteiger partial charge is 0.115 e. The topological polar surface area (TPSA) is 45.0 Å². The van der Waals surface area contributed by atoms with Gasteiger partial charge < -0.3 is 5.11 Å². The number of hydrogen-bond donors (Lipinski definition) is 1. The summed E-state index contributed by atoms with van der Waals surface area (Å²) in [6.07, 6.45) is 12.9. The number of phenolic OH excluding ortho intramolecular Hbond substituents is 1. The maximum Gasteiger partial charge on any atom is 0.115 e. The van der Waals surface area contributed by atoms with Crippen molar-refractivity contribution >= 4 is 18.0 Å². The molecule has 0 aromatic heterocycles. The lowest BCUT2D eigenvalue weighted by Gasteiger charge is -2.49. The van der Waals surface area contributed by atoms with Crippen LogP contribution in [0, 0.1) is 17.3 Å². The Balaban J connectivity index is 1.32. The van der Waals surface area contributed by atoms with E-state index in [0.717, 1.165) is 18.8 Å². The van der Waals surface area contributed by atoms with Crippen molar-refractivity contribution in [3.8, 4) is 5.75 Å². The van der Waals surface area contributed by atoms with Crippen LogP contribution in [0.2, 0.25) is 0 Å². The molecule has 3 aliphatic rings. The number of hydrogen-bond acceptors (Lipinski definition) is 3. The number of phenols is 1. The van der Waals surface area contributed by atoms with Gasteiger partial charge in [0.05, 0.1) is 0 Å². The number of nitrogens with zero attached hydrogens (tertiary/aromatic N) is 2. The summed E-state index contributed by atoms with van der Waals surface area (Å²) < 4.78 is 0. The zero-order valence-corrected chi connectivity index (χ0v) is 17.7. The fourth-order valence-corrected chi connectivity index (χ4v) is 6.38. The van der Waals surface area contributed by atoms with Gasteiger partial charge >= 0.3 is 0 Å². The summed E-state index contributed by atoms with van der Waals surface area (Å²) in [5, 5.41) is 19.0. The molecular weight excluding hydrogens is 368 g/mol. The van der Waals surface area contributed by atoms with Crippen LogP contribution in [0.4, 0.5) is 0 Å². The van der Waals surface area contributed by atoms with E-state index in [0.29, 0.717) is 17.6 Å². The maximum atomic E-state index is 9.86. The van der Waals surface area contributed by atoms with Crippen LogP contribution in [0.15, 0.2) is 64.8 Å². The molecule has 0 bridgehead atoms. The zero-order valence-electron chi connectivity index (χ0n) is 17.7. The third-order valence-corrected chi connectivity index (χ3v) is 7.87. The molecule has 1 N–H and O–H groups in total. The summed E-state index contributed by atoms with van der Waals surface area (Å²) >= 11 is 0. The molecule has 3 aliphatic carbocycles. The van der Waals surface area contributed by atoms with E-state index in [4.69, 9.17) is 5.10 Å². The second kappa shape index (κ2) is 7.86. The molecule has 0 heterocycles. The van der Waals surface area contributed by atoms with Gasteiger partial charge in [-0.1, -0.05) is 49.4 Å². The van der Waals surface area contributed by atoms with Gasteiger partial charge in [-0.25, -0.2) is 0 Å². The lowest BCUT2D eigenvalue weighted by atomic mass is 9.55. The first-order chi connectivity index (χ1) is 14.6. The van der Waals surface area contributed by atoms with Gasteiger partial charge in [0.1, 0.15) is 5.75 Å². The Labute approximate surface area is 179 Å². The van der Waals surface area contributed by atoms with E-state index in [2.05, 4.69) is 36.3 Å². The van der Waals surface area contributed by atoms with Gasteiger partial charge in [0.2, 0.25) is 0 Å². The Hall–Kier alpha value is -2.68. The molecule has 0 spiro atoms. The van der Waals surface area contributed by atoms with Crippen molar-refractivity contribution in [1.29, 1.82) is 0 Å². The largest absolute Gasteiger partial charge is 0.508 e. The molecule has 154 valence electrons. The molecule has 0 saturated heterocycles. The van der Waals surface area contributed by atoms with E-state index in [-0.39, 0.29) is 5.41 Å². The van der Waals surface area contributed by atoms with E-state index in [1.54, 1.807) is 0 Å². The van der Waals surface area contributed by atoms with Crippen molar-refractivity contribution in [2.75, 3.05) is 0 Å². The van der Waals surface area contributed by atoms with Gasteiger partial charge in [0.25, 0.3) is 0 Å². The second-order valence-electron chi connectivity index (χ2n) is 9.37. The predicted molar refractivity (Wildman–Crippen MR) is 124 cm³/mol. The predicted octanol–water partition coefficient (Wildman–Crippen LogP) is 6.39. The molecule has 3 heteroatoms. The van der Waals surface area contributed by atoms with Crippen LogP contribution in [-0.4, -0.2) is 17.0 Å². The molecule has 4 atom stereocenters. The first-order valence-corrected chi connectivity index (χ1v) is 11.3. The standard InChI is InChI=1S/C27H30N2O/c1-27-16-15-23-22-12-10-21(30)18-20(22)9-11-24(23)25(27)13-14-26(27)29-28-17-5-8-19-6-3-2-4-7-19/h2-8,10,12,17-18,23-25,30H,9,11,13-16H2,1H3/b8-5+,28-17-,29-26-/t23-,24-,25-,27+/m1/s1. The molecule has 0 amide bonds. The minimum absolute atomic E-state index is 0.191. The van der Waals surface area contributed by atoms with Crippen molar-refractivity contribution in [2.24, 2.45) is 27.5 Å². The summed E-state index contributed by atoms with van der Waals surface area (Å²) in [7, 11) is 0. The fraction of sp³-hybridized carbons (Fsp3) is 0.407. The first kappa shape index (κ1) is 19.3. The molecule has 2 saturated carbocycles. The second-order valence-corrected chi connectivity index (χ2v) is 9.37. The average molecular weight is 399 g/mol. The Morgan fingerprint density at radius 2 is 1.90 bits per heavy atom. The SMILES string of the molecule is C[C@]12CC[C@@H]3c4ccc(O)cc4CC[C@H]3[C@H]1CC/C2=N/N=C\C=C\c1ccccc1. The van der Waals surface area contributed by atoms with Crippen LogP contribution < -0.4 is 0 Å². The third-order valence-electron chi connectivity index (χ3n) is 7.87. The van der Waals surface area contributed by atoms with Crippen molar-refractivity contribution in [3.05, 3.63) is 71.3 Å². The van der Waals surface area contributed by atoms with E-state index in [1.165, 1.54) is 48.1 Å². The maximum absolute atomic E-state index is 9.86. The zero-order chi connectivity index (χ0) is 20.6. The van der Waals surface area contributed by atoms with Crippen LogP contribution in [0.3, 0.4) is 0 Å². The van der Waals surface area contributed by atoms with E-state index < -0.39 is 0 Å². The summed E-state index contributed by atoms with van der Waals surface area (Å²) in [5.74, 6) is 2.48. The number of fused-ring (bicyclic) bond motifs is 5. The normalized spacial score (nSPS) is 31.8. The number of aryl methyl sites for hydroxylation is 1. The quantitative estimate of drug-likeness (QED) is 0.472. The van der Waals surface area contributed by atoms with Crippen LogP contribution in [0.1, 0.15) is 61.6 Å². The number of benzene rings is 2. The minimum atomic E-state index is 0.191. The molecule has 5 rings (SSSR count). The molecule has 0 unspecified atom stereocenters. The molecule has 0 aliphatic heterocycles. The van der Waals surface area contributed by atoms with E-state index in [1.807, 2.05) is 42.6 Å². The summed E-state index contributed by atoms with van der Waals surface area (Å²) in [5.41, 5.74) is 5.51. The van der Waals surface area contributed by atoms with Crippen LogP contribution in [0.5, 0.6) is 5.75 Å². The molecule has 0 radical (unpaired) electrons. The highest BCUT2D eigenvalue weighted by atomic mass is 16.3. The monoisotopic (exact) mass is 398 g/mol. The molecule has 2 fully saturated rings. The van der Waals surface area contributed by atoms with Gasteiger partial charge in [-0.05, 0) is 91.2 Å². The Bertz CT molecular complexity index is 1010. The molecule has 3 nitrogen and oxygen atoms in total. The van der Waals surface area contributed by atoms with E-state index in [9.17, 15) is 5.11 Å². The Morgan fingerprint density at radius 3 is 2.77 bits per heavy atom.